The fraction of sp³-hybridized carbons (Fsp3) is 0.333. The molecule has 1 aliphatic rings. The summed E-state index contributed by atoms with van der Waals surface area (Å²) in [6.45, 7) is 0. The highest BCUT2D eigenvalue weighted by atomic mass is 32.2. The lowest BCUT2D eigenvalue weighted by Gasteiger charge is -2.19. The summed E-state index contributed by atoms with van der Waals surface area (Å²) >= 11 is 1.37. The van der Waals surface area contributed by atoms with Gasteiger partial charge in [0, 0.05) is 11.8 Å². The molecule has 1 aromatic heterocycles. The maximum Gasteiger partial charge on any atom is 0.327 e. The molecule has 90 valence electrons. The molecule has 1 saturated heterocycles. The van der Waals surface area contributed by atoms with Crippen LogP contribution in [0.4, 0.5) is 0 Å². The van der Waals surface area contributed by atoms with Crippen molar-refractivity contribution in [3.8, 4) is 0 Å². The number of H-pyrrole nitrogens is 1. The molecular formula is C9H9N3O4S. The lowest BCUT2D eigenvalue weighted by atomic mass is 10.2. The lowest BCUT2D eigenvalue weighted by molar-refractivity contribution is -0.140. The molecular weight excluding hydrogens is 246 g/mol. The standard InChI is InChI=1S/C9H9N3O4S/c13-7-2-1-5(10-11-7)8(14)12-4-17-3-6(12)9(15)16/h1-2,6H,3-4H2,(H,11,13)(H,15,16). The first-order chi connectivity index (χ1) is 8.09. The van der Waals surface area contributed by atoms with E-state index in [0.717, 1.165) is 0 Å². The van der Waals surface area contributed by atoms with Crippen molar-refractivity contribution in [1.29, 1.82) is 0 Å². The van der Waals surface area contributed by atoms with Crippen molar-refractivity contribution in [3.63, 3.8) is 0 Å². The molecule has 8 heteroatoms. The molecule has 2 N–H and O–H groups in total. The van der Waals surface area contributed by atoms with Crippen molar-refractivity contribution in [1.82, 2.24) is 15.1 Å². The fourth-order valence-corrected chi connectivity index (χ4v) is 2.60. The van der Waals surface area contributed by atoms with Gasteiger partial charge in [-0.3, -0.25) is 9.59 Å². The Morgan fingerprint density at radius 3 is 2.88 bits per heavy atom. The zero-order valence-corrected chi connectivity index (χ0v) is 9.44. The second kappa shape index (κ2) is 4.58. The van der Waals surface area contributed by atoms with Crippen LogP contribution in [0.25, 0.3) is 0 Å². The number of hydrogen-bond donors (Lipinski definition) is 2. The van der Waals surface area contributed by atoms with E-state index >= 15 is 0 Å². The summed E-state index contributed by atoms with van der Waals surface area (Å²) in [6.07, 6.45) is 0. The smallest absolute Gasteiger partial charge is 0.327 e. The van der Waals surface area contributed by atoms with Gasteiger partial charge in [0.05, 0.1) is 5.88 Å². The van der Waals surface area contributed by atoms with Gasteiger partial charge in [-0.2, -0.15) is 5.10 Å². The number of thioether (sulfide) groups is 1. The van der Waals surface area contributed by atoms with Crippen molar-refractivity contribution in [2.24, 2.45) is 0 Å². The number of aromatic amines is 1. The maximum atomic E-state index is 11.9. The number of aromatic nitrogens is 2. The van der Waals surface area contributed by atoms with Crippen LogP contribution in [0.2, 0.25) is 0 Å². The monoisotopic (exact) mass is 255 g/mol. The molecule has 0 bridgehead atoms. The van der Waals surface area contributed by atoms with E-state index in [9.17, 15) is 14.4 Å². The molecule has 0 saturated carbocycles. The zero-order valence-electron chi connectivity index (χ0n) is 8.62. The summed E-state index contributed by atoms with van der Waals surface area (Å²) in [4.78, 5) is 34.9. The molecule has 1 atom stereocenters. The average molecular weight is 255 g/mol. The number of nitrogens with one attached hydrogen (secondary N) is 1. The molecule has 0 spiro atoms. The molecule has 1 fully saturated rings. The minimum atomic E-state index is -1.03. The van der Waals surface area contributed by atoms with Gasteiger partial charge >= 0.3 is 5.97 Å². The molecule has 1 amide bonds. The number of aliphatic carboxylic acids is 1. The van der Waals surface area contributed by atoms with Crippen LogP contribution >= 0.6 is 11.8 Å². The number of carbonyl (C=O) groups excluding carboxylic acids is 1. The van der Waals surface area contributed by atoms with E-state index < -0.39 is 23.5 Å². The normalized spacial score (nSPS) is 19.3. The van der Waals surface area contributed by atoms with E-state index in [1.54, 1.807) is 0 Å². The van der Waals surface area contributed by atoms with Crippen molar-refractivity contribution in [2.45, 2.75) is 6.04 Å². The fourth-order valence-electron chi connectivity index (χ4n) is 1.46. The first-order valence-corrected chi connectivity index (χ1v) is 5.92. The number of rotatable bonds is 2. The predicted octanol–water partition coefficient (Wildman–Crippen LogP) is -0.630. The summed E-state index contributed by atoms with van der Waals surface area (Å²) in [7, 11) is 0. The Morgan fingerprint density at radius 1 is 1.53 bits per heavy atom. The lowest BCUT2D eigenvalue weighted by Crippen LogP contribution is -2.42. The number of carboxylic acids is 1. The Morgan fingerprint density at radius 2 is 2.29 bits per heavy atom. The minimum Gasteiger partial charge on any atom is -0.480 e. The van der Waals surface area contributed by atoms with Crippen molar-refractivity contribution >= 4 is 23.6 Å². The quantitative estimate of drug-likeness (QED) is 0.729. The van der Waals surface area contributed by atoms with Crippen molar-refractivity contribution < 1.29 is 14.7 Å². The highest BCUT2D eigenvalue weighted by Gasteiger charge is 2.35. The van der Waals surface area contributed by atoms with Gasteiger partial charge in [-0.1, -0.05) is 0 Å². The second-order valence-corrected chi connectivity index (χ2v) is 4.44. The number of amides is 1. The third-order valence-corrected chi connectivity index (χ3v) is 3.34. The Bertz CT molecular complexity index is 495. The third-order valence-electron chi connectivity index (χ3n) is 2.33. The summed E-state index contributed by atoms with van der Waals surface area (Å²) in [6, 6.07) is 1.63. The van der Waals surface area contributed by atoms with Gasteiger partial charge in [-0.05, 0) is 6.07 Å². The van der Waals surface area contributed by atoms with Gasteiger partial charge in [-0.25, -0.2) is 9.89 Å². The summed E-state index contributed by atoms with van der Waals surface area (Å²) < 4.78 is 0. The first kappa shape index (κ1) is 11.6. The average Bonchev–Trinajstić information content (AvgIpc) is 2.78. The molecule has 0 radical (unpaired) electrons. The van der Waals surface area contributed by atoms with Crippen LogP contribution < -0.4 is 5.56 Å². The molecule has 17 heavy (non-hydrogen) atoms. The topological polar surface area (TPSA) is 103 Å². The van der Waals surface area contributed by atoms with E-state index in [2.05, 4.69) is 10.2 Å². The van der Waals surface area contributed by atoms with Crippen molar-refractivity contribution in [3.05, 3.63) is 28.2 Å². The highest BCUT2D eigenvalue weighted by molar-refractivity contribution is 7.99. The van der Waals surface area contributed by atoms with Crippen molar-refractivity contribution in [2.75, 3.05) is 11.6 Å². The zero-order chi connectivity index (χ0) is 12.4. The van der Waals surface area contributed by atoms with Crippen LogP contribution in [0.15, 0.2) is 16.9 Å². The van der Waals surface area contributed by atoms with Gasteiger partial charge in [0.15, 0.2) is 0 Å². The van der Waals surface area contributed by atoms with Gasteiger partial charge in [0.25, 0.3) is 11.5 Å². The van der Waals surface area contributed by atoms with E-state index in [-0.39, 0.29) is 5.69 Å². The van der Waals surface area contributed by atoms with Gasteiger partial charge in [0.2, 0.25) is 0 Å². The minimum absolute atomic E-state index is 0.0401. The largest absolute Gasteiger partial charge is 0.480 e. The van der Waals surface area contributed by atoms with Crippen LogP contribution in [0.5, 0.6) is 0 Å². The van der Waals surface area contributed by atoms with Gasteiger partial charge in [0.1, 0.15) is 11.7 Å². The Labute approximate surface area is 99.8 Å². The molecule has 1 aromatic rings. The first-order valence-electron chi connectivity index (χ1n) is 4.77. The van der Waals surface area contributed by atoms with Crippen LogP contribution in [0, 0.1) is 0 Å². The number of carboxylic acid groups (broad SMARTS) is 1. The molecule has 2 rings (SSSR count). The number of carbonyl (C=O) groups is 2. The molecule has 0 aromatic carbocycles. The molecule has 0 aliphatic carbocycles. The van der Waals surface area contributed by atoms with E-state index in [4.69, 9.17) is 5.11 Å². The molecule has 1 unspecified atom stereocenters. The SMILES string of the molecule is O=C(O)C1CSCN1C(=O)c1ccc(=O)[nH]n1. The maximum absolute atomic E-state index is 11.9. The molecule has 2 heterocycles. The number of hydrogen-bond acceptors (Lipinski definition) is 5. The van der Waals surface area contributed by atoms with Crippen LogP contribution in [0.3, 0.4) is 0 Å². The van der Waals surface area contributed by atoms with Crippen LogP contribution in [0.1, 0.15) is 10.5 Å². The van der Waals surface area contributed by atoms with E-state index in [1.165, 1.54) is 28.8 Å². The highest BCUT2D eigenvalue weighted by Crippen LogP contribution is 2.22. The van der Waals surface area contributed by atoms with E-state index in [1.807, 2.05) is 0 Å². The Kier molecular flexibility index (Phi) is 3.14. The Hall–Kier alpha value is -1.83. The second-order valence-electron chi connectivity index (χ2n) is 3.44. The summed E-state index contributed by atoms with van der Waals surface area (Å²) in [5.41, 5.74) is -0.370. The third kappa shape index (κ3) is 2.31. The van der Waals surface area contributed by atoms with Gasteiger partial charge in [-0.15, -0.1) is 11.8 Å². The van der Waals surface area contributed by atoms with Gasteiger partial charge < -0.3 is 10.0 Å². The predicted molar refractivity (Wildman–Crippen MR) is 59.8 cm³/mol. The van der Waals surface area contributed by atoms with Crippen LogP contribution in [-0.2, 0) is 4.79 Å². The molecule has 1 aliphatic heterocycles. The summed E-state index contributed by atoms with van der Waals surface area (Å²) in [5, 5.41) is 14.7. The number of nitrogens with zero attached hydrogens (tertiary/aromatic N) is 2. The molecule has 7 nitrogen and oxygen atoms in total. The van der Waals surface area contributed by atoms with Crippen LogP contribution in [-0.4, -0.2) is 49.8 Å². The van der Waals surface area contributed by atoms with E-state index in [0.29, 0.717) is 11.6 Å². The Balaban J connectivity index is 2.22. The summed E-state index contributed by atoms with van der Waals surface area (Å²) in [5.74, 6) is -0.840.